The van der Waals surface area contributed by atoms with Crippen LogP contribution in [0.3, 0.4) is 0 Å². The molecule has 27 heavy (non-hydrogen) atoms. The molecule has 144 valence electrons. The fourth-order valence-corrected chi connectivity index (χ4v) is 3.79. The van der Waals surface area contributed by atoms with Crippen molar-refractivity contribution in [3.05, 3.63) is 60.2 Å². The number of benzene rings is 2. The Kier molecular flexibility index (Phi) is 5.79. The van der Waals surface area contributed by atoms with Crippen molar-refractivity contribution in [3.63, 3.8) is 0 Å². The van der Waals surface area contributed by atoms with E-state index in [4.69, 9.17) is 5.14 Å². The van der Waals surface area contributed by atoms with E-state index in [1.807, 2.05) is 30.3 Å². The Hall–Kier alpha value is -2.42. The van der Waals surface area contributed by atoms with Crippen molar-refractivity contribution < 1.29 is 18.3 Å². The number of sulfonamides is 1. The molecule has 1 saturated heterocycles. The second-order valence-electron chi connectivity index (χ2n) is 6.68. The molecule has 2 aromatic carbocycles. The quantitative estimate of drug-likeness (QED) is 0.745. The molecule has 2 aromatic rings. The van der Waals surface area contributed by atoms with Crippen molar-refractivity contribution in [2.24, 2.45) is 11.1 Å². The third-order valence-corrected chi connectivity index (χ3v) is 5.78. The summed E-state index contributed by atoms with van der Waals surface area (Å²) < 4.78 is 22.5. The maximum absolute atomic E-state index is 12.4. The zero-order valence-electron chi connectivity index (χ0n) is 14.8. The molecular weight excluding hydrogens is 366 g/mol. The van der Waals surface area contributed by atoms with E-state index in [0.29, 0.717) is 31.6 Å². The third-order valence-electron chi connectivity index (χ3n) is 4.85. The summed E-state index contributed by atoms with van der Waals surface area (Å²) >= 11 is 0. The molecule has 0 aliphatic carbocycles. The third kappa shape index (κ3) is 4.85. The predicted octanol–water partition coefficient (Wildman–Crippen LogP) is 2.31. The molecule has 1 fully saturated rings. The average molecular weight is 389 g/mol. The summed E-state index contributed by atoms with van der Waals surface area (Å²) in [6.07, 6.45) is 0.906. The van der Waals surface area contributed by atoms with Crippen molar-refractivity contribution >= 4 is 21.7 Å². The van der Waals surface area contributed by atoms with Gasteiger partial charge in [-0.3, -0.25) is 0 Å². The van der Waals surface area contributed by atoms with Gasteiger partial charge in [-0.05, 0) is 48.6 Å². The monoisotopic (exact) mass is 389 g/mol. The zero-order chi connectivity index (χ0) is 19.4. The van der Waals surface area contributed by atoms with Crippen molar-refractivity contribution in [1.82, 2.24) is 4.90 Å². The highest BCUT2D eigenvalue weighted by molar-refractivity contribution is 7.89. The van der Waals surface area contributed by atoms with Crippen LogP contribution in [0, 0.1) is 5.92 Å². The smallest absolute Gasteiger partial charge is 0.321 e. The summed E-state index contributed by atoms with van der Waals surface area (Å²) in [6, 6.07) is 15.0. The molecule has 0 saturated carbocycles. The summed E-state index contributed by atoms with van der Waals surface area (Å²) in [5, 5.41) is 18.3. The number of anilines is 1. The lowest BCUT2D eigenvalue weighted by molar-refractivity contribution is 0.0683. The minimum absolute atomic E-state index is 0.00351. The summed E-state index contributed by atoms with van der Waals surface area (Å²) in [5.74, 6) is 0.116. The highest BCUT2D eigenvalue weighted by Gasteiger charge is 2.28. The number of carbonyl (C=O) groups excluding carboxylic acids is 1. The van der Waals surface area contributed by atoms with E-state index in [-0.39, 0.29) is 16.8 Å². The lowest BCUT2D eigenvalue weighted by Crippen LogP contribution is -2.42. The maximum atomic E-state index is 12.4. The number of carbonyl (C=O) groups is 1. The van der Waals surface area contributed by atoms with E-state index in [2.05, 4.69) is 5.32 Å². The Labute approximate surface area is 158 Å². The number of nitrogens with two attached hydrogens (primary N) is 1. The summed E-state index contributed by atoms with van der Waals surface area (Å²) in [5.41, 5.74) is 1.40. The average Bonchev–Trinajstić information content (AvgIpc) is 2.68. The van der Waals surface area contributed by atoms with E-state index in [9.17, 15) is 18.3 Å². The van der Waals surface area contributed by atoms with Crippen LogP contribution in [0.25, 0.3) is 0 Å². The van der Waals surface area contributed by atoms with Crippen LogP contribution in [0.5, 0.6) is 0 Å². The van der Waals surface area contributed by atoms with Gasteiger partial charge in [0.05, 0.1) is 11.0 Å². The van der Waals surface area contributed by atoms with Crippen LogP contribution in [0.4, 0.5) is 10.5 Å². The largest absolute Gasteiger partial charge is 0.388 e. The summed E-state index contributed by atoms with van der Waals surface area (Å²) in [7, 11) is -3.75. The number of hydrogen-bond donors (Lipinski definition) is 3. The number of nitrogens with one attached hydrogen (secondary N) is 1. The topological polar surface area (TPSA) is 113 Å². The van der Waals surface area contributed by atoms with Gasteiger partial charge in [0.1, 0.15) is 0 Å². The van der Waals surface area contributed by atoms with Gasteiger partial charge in [-0.1, -0.05) is 30.3 Å². The van der Waals surface area contributed by atoms with Gasteiger partial charge in [0.15, 0.2) is 0 Å². The molecule has 4 N–H and O–H groups in total. The first-order valence-electron chi connectivity index (χ1n) is 8.76. The molecule has 2 amide bonds. The molecule has 1 heterocycles. The summed E-state index contributed by atoms with van der Waals surface area (Å²) in [4.78, 5) is 14.1. The molecule has 0 spiro atoms. The van der Waals surface area contributed by atoms with Gasteiger partial charge >= 0.3 is 6.03 Å². The predicted molar refractivity (Wildman–Crippen MR) is 103 cm³/mol. The van der Waals surface area contributed by atoms with Gasteiger partial charge in [-0.25, -0.2) is 18.4 Å². The molecule has 3 rings (SSSR count). The number of hydrogen-bond acceptors (Lipinski definition) is 4. The van der Waals surface area contributed by atoms with Crippen molar-refractivity contribution in [1.29, 1.82) is 0 Å². The molecule has 0 unspecified atom stereocenters. The fraction of sp³-hybridized carbons (Fsp3) is 0.316. The second kappa shape index (κ2) is 8.08. The van der Waals surface area contributed by atoms with Gasteiger partial charge in [0.25, 0.3) is 0 Å². The standard InChI is InChI=1S/C19H23N3O4S/c20-27(25,26)17-8-6-16(7-9-17)21-19(24)22-12-10-15(11-13-22)18(23)14-4-2-1-3-5-14/h1-9,15,18,23H,10-13H2,(H,21,24)(H2,20,25,26)/t18-/m1/s1. The normalized spacial score (nSPS) is 16.7. The first-order chi connectivity index (χ1) is 12.8. The molecule has 0 bridgehead atoms. The number of rotatable bonds is 4. The molecule has 0 aromatic heterocycles. The van der Waals surface area contributed by atoms with Gasteiger partial charge in [0.2, 0.25) is 10.0 Å². The number of primary sulfonamides is 1. The minimum atomic E-state index is -3.75. The SMILES string of the molecule is NS(=O)(=O)c1ccc(NC(=O)N2CCC([C@H](O)c3ccccc3)CC2)cc1. The number of piperidine rings is 1. The molecule has 0 radical (unpaired) electrons. The van der Waals surface area contributed by atoms with Crippen LogP contribution in [-0.2, 0) is 10.0 Å². The Morgan fingerprint density at radius 1 is 1.07 bits per heavy atom. The highest BCUT2D eigenvalue weighted by Crippen LogP contribution is 2.30. The lowest BCUT2D eigenvalue weighted by Gasteiger charge is -2.34. The first-order valence-corrected chi connectivity index (χ1v) is 10.3. The number of amides is 2. The van der Waals surface area contributed by atoms with Gasteiger partial charge in [0, 0.05) is 18.8 Å². The number of urea groups is 1. The Morgan fingerprint density at radius 2 is 1.67 bits per heavy atom. The van der Waals surface area contributed by atoms with E-state index in [1.54, 1.807) is 4.90 Å². The van der Waals surface area contributed by atoms with Crippen molar-refractivity contribution in [2.75, 3.05) is 18.4 Å². The Morgan fingerprint density at radius 3 is 2.22 bits per heavy atom. The number of likely N-dealkylation sites (tertiary alicyclic amines) is 1. The zero-order valence-corrected chi connectivity index (χ0v) is 15.6. The Bertz CT molecular complexity index is 877. The number of aliphatic hydroxyl groups excluding tert-OH is 1. The van der Waals surface area contributed by atoms with E-state index < -0.39 is 16.1 Å². The summed E-state index contributed by atoms with van der Waals surface area (Å²) in [6.45, 7) is 1.10. The van der Waals surface area contributed by atoms with Gasteiger partial charge in [-0.2, -0.15) is 0 Å². The van der Waals surface area contributed by atoms with Crippen molar-refractivity contribution in [3.8, 4) is 0 Å². The first kappa shape index (κ1) is 19.3. The highest BCUT2D eigenvalue weighted by atomic mass is 32.2. The van der Waals surface area contributed by atoms with E-state index in [1.165, 1.54) is 24.3 Å². The lowest BCUT2D eigenvalue weighted by atomic mass is 9.87. The van der Waals surface area contributed by atoms with E-state index in [0.717, 1.165) is 5.56 Å². The van der Waals surface area contributed by atoms with Gasteiger partial charge < -0.3 is 15.3 Å². The van der Waals surface area contributed by atoms with Crippen LogP contribution in [0.15, 0.2) is 59.5 Å². The minimum Gasteiger partial charge on any atom is -0.388 e. The Balaban J connectivity index is 1.54. The number of aliphatic hydroxyl groups is 1. The van der Waals surface area contributed by atoms with Crippen LogP contribution in [-0.4, -0.2) is 37.5 Å². The van der Waals surface area contributed by atoms with Crippen LogP contribution >= 0.6 is 0 Å². The van der Waals surface area contributed by atoms with Crippen molar-refractivity contribution in [2.45, 2.75) is 23.8 Å². The van der Waals surface area contributed by atoms with Crippen LogP contribution in [0.1, 0.15) is 24.5 Å². The second-order valence-corrected chi connectivity index (χ2v) is 8.24. The molecule has 1 atom stereocenters. The molecule has 1 aliphatic heterocycles. The van der Waals surface area contributed by atoms with Gasteiger partial charge in [-0.15, -0.1) is 0 Å². The molecule has 1 aliphatic rings. The maximum Gasteiger partial charge on any atom is 0.321 e. The van der Waals surface area contributed by atoms with E-state index >= 15 is 0 Å². The van der Waals surface area contributed by atoms with Crippen LogP contribution < -0.4 is 10.5 Å². The van der Waals surface area contributed by atoms with Crippen LogP contribution in [0.2, 0.25) is 0 Å². The molecular formula is C19H23N3O4S. The molecule has 7 nitrogen and oxygen atoms in total. The molecule has 8 heteroatoms. The number of nitrogens with zero attached hydrogens (tertiary/aromatic N) is 1. The fourth-order valence-electron chi connectivity index (χ4n) is 3.27.